The molecule has 4 aromatic carbocycles. The molecule has 9 rings (SSSR count). The summed E-state index contributed by atoms with van der Waals surface area (Å²) < 4.78 is 2.19. The number of nitrogens with zero attached hydrogens (tertiary/aromatic N) is 5. The van der Waals surface area contributed by atoms with Gasteiger partial charge in [-0.1, -0.05) is 54.2 Å². The minimum atomic E-state index is -0.582. The van der Waals surface area contributed by atoms with Crippen LogP contribution in [-0.4, -0.2) is 14.5 Å². The molecule has 198 valence electrons. The lowest BCUT2D eigenvalue weighted by molar-refractivity contribution is 0.718. The van der Waals surface area contributed by atoms with Gasteiger partial charge in [0.2, 0.25) is 0 Å². The molecule has 0 fully saturated rings. The third kappa shape index (κ3) is 3.05. The molecular weight excluding hydrogens is 547 g/mol. The third-order valence-corrected chi connectivity index (χ3v) is 9.95. The summed E-state index contributed by atoms with van der Waals surface area (Å²) in [6.45, 7) is 0. The van der Waals surface area contributed by atoms with Crippen LogP contribution in [0.3, 0.4) is 0 Å². The van der Waals surface area contributed by atoms with Gasteiger partial charge in [-0.3, -0.25) is 9.97 Å². The molecule has 1 aliphatic carbocycles. The van der Waals surface area contributed by atoms with Crippen LogP contribution in [0, 0.1) is 22.7 Å². The summed E-state index contributed by atoms with van der Waals surface area (Å²) in [5.74, 6) is 0. The maximum Gasteiger partial charge on any atom is 0.0991 e. The van der Waals surface area contributed by atoms with Gasteiger partial charge in [-0.2, -0.15) is 10.5 Å². The van der Waals surface area contributed by atoms with Crippen molar-refractivity contribution in [2.24, 2.45) is 0 Å². The van der Waals surface area contributed by atoms with Crippen molar-refractivity contribution >= 4 is 33.6 Å². The first-order chi connectivity index (χ1) is 21.2. The number of pyridine rings is 2. The van der Waals surface area contributed by atoms with Gasteiger partial charge in [-0.25, -0.2) is 0 Å². The number of hydrogen-bond donors (Lipinski definition) is 0. The van der Waals surface area contributed by atoms with Crippen molar-refractivity contribution in [3.8, 4) is 29.2 Å². The molecule has 0 radical (unpaired) electrons. The van der Waals surface area contributed by atoms with Crippen LogP contribution in [0.1, 0.15) is 33.4 Å². The topological polar surface area (TPSA) is 78.3 Å². The summed E-state index contributed by atoms with van der Waals surface area (Å²) in [4.78, 5) is 12.5. The SMILES string of the molecule is N#Cc1ccc2c(c1)c1cc(C#N)ccc1n2-c1cnc2c(c1)C1(c3ccccc3Sc3ccccc31)c1cccnc1-2. The molecule has 6 heteroatoms. The lowest BCUT2D eigenvalue weighted by Gasteiger charge is -2.39. The molecule has 43 heavy (non-hydrogen) atoms. The van der Waals surface area contributed by atoms with Crippen molar-refractivity contribution in [1.82, 2.24) is 14.5 Å². The van der Waals surface area contributed by atoms with Crippen LogP contribution in [0.2, 0.25) is 0 Å². The van der Waals surface area contributed by atoms with E-state index >= 15 is 0 Å². The van der Waals surface area contributed by atoms with Crippen LogP contribution in [0.25, 0.3) is 38.9 Å². The van der Waals surface area contributed by atoms with Crippen molar-refractivity contribution in [2.75, 3.05) is 0 Å². The Morgan fingerprint density at radius 2 is 1.19 bits per heavy atom. The van der Waals surface area contributed by atoms with Crippen LogP contribution < -0.4 is 0 Å². The molecule has 0 unspecified atom stereocenters. The largest absolute Gasteiger partial charge is 0.308 e. The Balaban J connectivity index is 1.41. The van der Waals surface area contributed by atoms with Gasteiger partial charge in [-0.05, 0) is 77.4 Å². The molecule has 3 aromatic heterocycles. The van der Waals surface area contributed by atoms with Gasteiger partial charge in [0.15, 0.2) is 0 Å². The van der Waals surface area contributed by atoms with Gasteiger partial charge in [0.1, 0.15) is 0 Å². The van der Waals surface area contributed by atoms with Gasteiger partial charge in [0, 0.05) is 32.3 Å². The number of fused-ring (bicyclic) bond motifs is 12. The quantitative estimate of drug-likeness (QED) is 0.201. The van der Waals surface area contributed by atoms with E-state index in [1.807, 2.05) is 54.9 Å². The second-order valence-corrected chi connectivity index (χ2v) is 11.9. The fraction of sp³-hybridized carbons (Fsp3) is 0.0270. The normalized spacial score (nSPS) is 13.6. The fourth-order valence-electron chi connectivity index (χ4n) is 7.11. The van der Waals surface area contributed by atoms with Crippen molar-refractivity contribution in [2.45, 2.75) is 15.2 Å². The molecule has 0 saturated carbocycles. The van der Waals surface area contributed by atoms with Crippen LogP contribution in [0.5, 0.6) is 0 Å². The van der Waals surface area contributed by atoms with E-state index in [0.29, 0.717) is 11.1 Å². The minimum absolute atomic E-state index is 0.578. The Morgan fingerprint density at radius 1 is 0.605 bits per heavy atom. The maximum absolute atomic E-state index is 9.66. The average molecular weight is 566 g/mol. The number of hydrogen-bond acceptors (Lipinski definition) is 5. The van der Waals surface area contributed by atoms with Gasteiger partial charge >= 0.3 is 0 Å². The Bertz CT molecular complexity index is 2310. The van der Waals surface area contributed by atoms with Crippen molar-refractivity contribution in [1.29, 1.82) is 10.5 Å². The van der Waals surface area contributed by atoms with E-state index in [1.54, 1.807) is 11.8 Å². The molecule has 1 spiro atoms. The van der Waals surface area contributed by atoms with Crippen LogP contribution >= 0.6 is 11.8 Å². The van der Waals surface area contributed by atoms with Crippen LogP contribution in [0.15, 0.2) is 125 Å². The molecule has 7 aromatic rings. The van der Waals surface area contributed by atoms with Crippen LogP contribution in [-0.2, 0) is 5.41 Å². The molecule has 0 bridgehead atoms. The summed E-state index contributed by atoms with van der Waals surface area (Å²) in [5, 5.41) is 21.2. The molecule has 0 amide bonds. The van der Waals surface area contributed by atoms with Crippen LogP contribution in [0.4, 0.5) is 0 Å². The van der Waals surface area contributed by atoms with Crippen molar-refractivity contribution in [3.63, 3.8) is 0 Å². The zero-order chi connectivity index (χ0) is 28.7. The smallest absolute Gasteiger partial charge is 0.0991 e. The number of nitriles is 2. The highest BCUT2D eigenvalue weighted by molar-refractivity contribution is 7.99. The molecule has 1 aliphatic heterocycles. The number of benzene rings is 4. The van der Waals surface area contributed by atoms with E-state index in [4.69, 9.17) is 9.97 Å². The van der Waals surface area contributed by atoms with E-state index in [0.717, 1.165) is 50.0 Å². The van der Waals surface area contributed by atoms with Gasteiger partial charge in [0.25, 0.3) is 0 Å². The second-order valence-electron chi connectivity index (χ2n) is 10.9. The monoisotopic (exact) mass is 565 g/mol. The lowest BCUT2D eigenvalue weighted by Crippen LogP contribution is -2.32. The predicted octanol–water partition coefficient (Wildman–Crippen LogP) is 8.14. The zero-order valence-corrected chi connectivity index (χ0v) is 23.4. The Kier molecular flexibility index (Phi) is 4.82. The van der Waals surface area contributed by atoms with E-state index in [1.165, 1.54) is 20.9 Å². The molecular formula is C37H19N5S. The molecule has 0 atom stereocenters. The Labute approximate surface area is 251 Å². The summed E-state index contributed by atoms with van der Waals surface area (Å²) in [6.07, 6.45) is 3.76. The Hall–Kier alpha value is -5.69. The highest BCUT2D eigenvalue weighted by Crippen LogP contribution is 2.61. The molecule has 5 nitrogen and oxygen atoms in total. The first-order valence-corrected chi connectivity index (χ1v) is 14.8. The van der Waals surface area contributed by atoms with Gasteiger partial charge in [0.05, 0.1) is 63.0 Å². The van der Waals surface area contributed by atoms with Gasteiger partial charge in [-0.15, -0.1) is 0 Å². The lowest BCUT2D eigenvalue weighted by atomic mass is 9.67. The van der Waals surface area contributed by atoms with E-state index in [9.17, 15) is 10.5 Å². The molecule has 2 aliphatic rings. The first kappa shape index (κ1) is 24.0. The average Bonchev–Trinajstić information content (AvgIpc) is 3.54. The molecule has 4 heterocycles. The Morgan fingerprint density at radius 3 is 1.81 bits per heavy atom. The summed E-state index contributed by atoms with van der Waals surface area (Å²) in [7, 11) is 0. The second kappa shape index (κ2) is 8.66. The van der Waals surface area contributed by atoms with Crippen molar-refractivity contribution < 1.29 is 0 Å². The molecule has 0 saturated heterocycles. The van der Waals surface area contributed by atoms with E-state index < -0.39 is 5.41 Å². The highest BCUT2D eigenvalue weighted by atomic mass is 32.2. The minimum Gasteiger partial charge on any atom is -0.308 e. The summed E-state index contributed by atoms with van der Waals surface area (Å²) in [5.41, 5.74) is 9.86. The third-order valence-electron chi connectivity index (χ3n) is 8.80. The first-order valence-electron chi connectivity index (χ1n) is 13.9. The number of rotatable bonds is 1. The summed E-state index contributed by atoms with van der Waals surface area (Å²) in [6, 6.07) is 39.8. The predicted molar refractivity (Wildman–Crippen MR) is 167 cm³/mol. The molecule has 0 N–H and O–H groups in total. The number of aromatic nitrogens is 3. The van der Waals surface area contributed by atoms with Crippen molar-refractivity contribution in [3.05, 3.63) is 149 Å². The fourth-order valence-corrected chi connectivity index (χ4v) is 8.30. The van der Waals surface area contributed by atoms with E-state index in [-0.39, 0.29) is 0 Å². The summed E-state index contributed by atoms with van der Waals surface area (Å²) >= 11 is 1.81. The zero-order valence-electron chi connectivity index (χ0n) is 22.6. The van der Waals surface area contributed by atoms with Gasteiger partial charge < -0.3 is 4.57 Å². The highest BCUT2D eigenvalue weighted by Gasteiger charge is 2.51. The van der Waals surface area contributed by atoms with E-state index in [2.05, 4.69) is 77.4 Å². The maximum atomic E-state index is 9.66. The standard InChI is InChI=1S/C37H19N5S/c38-19-22-11-13-31-25(16-22)26-17-23(20-39)12-14-32(26)42(31)24-18-30-36(41-21-24)35-29(8-5-15-40-35)37(30)27-6-1-3-9-33(27)43-34-10-4-2-7-28(34)37/h1-18,21H.